The molecular formula is C20H23N3O. The van der Waals surface area contributed by atoms with E-state index >= 15 is 0 Å². The molecule has 3 aromatic rings. The average molecular weight is 321 g/mol. The van der Waals surface area contributed by atoms with Crippen LogP contribution in [0, 0.1) is 34.6 Å². The van der Waals surface area contributed by atoms with Gasteiger partial charge in [-0.2, -0.15) is 9.61 Å². The number of aromatic nitrogens is 3. The van der Waals surface area contributed by atoms with Gasteiger partial charge in [-0.15, -0.1) is 0 Å². The number of aryl methyl sites for hydroxylation is 5. The highest BCUT2D eigenvalue weighted by molar-refractivity contribution is 5.84. The van der Waals surface area contributed by atoms with Gasteiger partial charge < -0.3 is 4.74 Å². The molecule has 1 unspecified atom stereocenters. The Morgan fingerprint density at radius 3 is 2.33 bits per heavy atom. The lowest BCUT2D eigenvalue weighted by Crippen LogP contribution is -2.06. The van der Waals surface area contributed by atoms with Gasteiger partial charge in [0.15, 0.2) is 5.65 Å². The number of benzene rings is 1. The van der Waals surface area contributed by atoms with Crippen molar-refractivity contribution >= 4 is 5.65 Å². The van der Waals surface area contributed by atoms with Gasteiger partial charge in [0, 0.05) is 17.7 Å². The molecule has 0 fully saturated rings. The molecule has 0 N–H and O–H groups in total. The van der Waals surface area contributed by atoms with Crippen molar-refractivity contribution in [2.24, 2.45) is 0 Å². The van der Waals surface area contributed by atoms with E-state index < -0.39 is 0 Å². The van der Waals surface area contributed by atoms with Gasteiger partial charge in [-0.1, -0.05) is 17.7 Å². The zero-order valence-electron chi connectivity index (χ0n) is 15.2. The zero-order valence-corrected chi connectivity index (χ0v) is 15.2. The molecule has 1 aliphatic rings. The largest absolute Gasteiger partial charge is 0.474 e. The van der Waals surface area contributed by atoms with Gasteiger partial charge in [0.25, 0.3) is 0 Å². The third kappa shape index (κ3) is 2.05. The molecule has 1 aliphatic heterocycles. The standard InChI is InChI=1S/C20H23N3O/c1-10-7-11(2)17(12(3)8-10)18-15(6)22-23-19(18)21-14(5)16-9-13(4)24-20(16)23/h7-8,13H,9H2,1-6H3. The number of hydrogen-bond acceptors (Lipinski definition) is 3. The molecule has 0 amide bonds. The van der Waals surface area contributed by atoms with Crippen LogP contribution in [0.1, 0.15) is 40.6 Å². The number of nitrogens with zero attached hydrogens (tertiary/aromatic N) is 3. The first-order valence-corrected chi connectivity index (χ1v) is 8.50. The van der Waals surface area contributed by atoms with E-state index in [1.807, 2.05) is 4.52 Å². The van der Waals surface area contributed by atoms with Gasteiger partial charge in [-0.25, -0.2) is 4.98 Å². The van der Waals surface area contributed by atoms with Crippen LogP contribution in [-0.2, 0) is 6.42 Å². The van der Waals surface area contributed by atoms with Gasteiger partial charge in [-0.3, -0.25) is 0 Å². The minimum Gasteiger partial charge on any atom is -0.474 e. The van der Waals surface area contributed by atoms with Crippen molar-refractivity contribution in [3.63, 3.8) is 0 Å². The van der Waals surface area contributed by atoms with Crippen molar-refractivity contribution < 1.29 is 4.74 Å². The number of rotatable bonds is 1. The fraction of sp³-hybridized carbons (Fsp3) is 0.400. The molecular weight excluding hydrogens is 298 g/mol. The molecule has 124 valence electrons. The van der Waals surface area contributed by atoms with Crippen molar-refractivity contribution in [1.29, 1.82) is 0 Å². The normalized spacial score (nSPS) is 16.5. The van der Waals surface area contributed by atoms with Crippen LogP contribution in [0.4, 0.5) is 0 Å². The third-order valence-corrected chi connectivity index (χ3v) is 4.93. The molecule has 0 aliphatic carbocycles. The number of fused-ring (bicyclic) bond motifs is 3. The molecule has 24 heavy (non-hydrogen) atoms. The summed E-state index contributed by atoms with van der Waals surface area (Å²) in [5.41, 5.74) is 10.3. The lowest BCUT2D eigenvalue weighted by molar-refractivity contribution is 0.241. The first kappa shape index (κ1) is 15.2. The topological polar surface area (TPSA) is 39.4 Å². The van der Waals surface area contributed by atoms with Crippen LogP contribution in [0.2, 0.25) is 0 Å². The minimum absolute atomic E-state index is 0.182. The molecule has 0 saturated heterocycles. The fourth-order valence-corrected chi connectivity index (χ4v) is 4.01. The molecule has 3 heterocycles. The van der Waals surface area contributed by atoms with E-state index in [1.54, 1.807) is 0 Å². The highest BCUT2D eigenvalue weighted by Gasteiger charge is 2.28. The molecule has 0 bridgehead atoms. The van der Waals surface area contributed by atoms with Gasteiger partial charge in [0.1, 0.15) is 6.10 Å². The molecule has 0 saturated carbocycles. The first-order chi connectivity index (χ1) is 11.4. The monoisotopic (exact) mass is 321 g/mol. The molecule has 0 radical (unpaired) electrons. The minimum atomic E-state index is 0.182. The molecule has 2 aromatic heterocycles. The van der Waals surface area contributed by atoms with Crippen molar-refractivity contribution in [3.05, 3.63) is 45.8 Å². The summed E-state index contributed by atoms with van der Waals surface area (Å²) in [5.74, 6) is 0.863. The van der Waals surface area contributed by atoms with Crippen LogP contribution in [0.15, 0.2) is 12.1 Å². The Morgan fingerprint density at radius 2 is 1.67 bits per heavy atom. The Labute approximate surface area is 142 Å². The second-order valence-electron chi connectivity index (χ2n) is 7.08. The first-order valence-electron chi connectivity index (χ1n) is 8.50. The lowest BCUT2D eigenvalue weighted by atomic mass is 9.94. The Bertz CT molecular complexity index is 961. The highest BCUT2D eigenvalue weighted by atomic mass is 16.5. The SMILES string of the molecule is Cc1cc(C)c(-c2c(C)nn3c4c(c(C)nc23)CC(C)O4)c(C)c1. The Balaban J connectivity index is 2.07. The summed E-state index contributed by atoms with van der Waals surface area (Å²) < 4.78 is 7.94. The van der Waals surface area contributed by atoms with Gasteiger partial charge >= 0.3 is 0 Å². The summed E-state index contributed by atoms with van der Waals surface area (Å²) in [4.78, 5) is 4.90. The van der Waals surface area contributed by atoms with Crippen LogP contribution in [-0.4, -0.2) is 20.7 Å². The molecule has 4 rings (SSSR count). The van der Waals surface area contributed by atoms with Crippen molar-refractivity contribution in [2.75, 3.05) is 0 Å². The van der Waals surface area contributed by atoms with Gasteiger partial charge in [0.05, 0.1) is 11.3 Å². The number of ether oxygens (including phenoxy) is 1. The molecule has 4 heteroatoms. The molecule has 1 atom stereocenters. The second-order valence-corrected chi connectivity index (χ2v) is 7.08. The van der Waals surface area contributed by atoms with E-state index in [1.165, 1.54) is 27.8 Å². The third-order valence-electron chi connectivity index (χ3n) is 4.93. The van der Waals surface area contributed by atoms with Gasteiger partial charge in [-0.05, 0) is 58.2 Å². The van der Waals surface area contributed by atoms with Crippen LogP contribution >= 0.6 is 0 Å². The average Bonchev–Trinajstić information content (AvgIpc) is 3.00. The number of hydrogen-bond donors (Lipinski definition) is 0. The quantitative estimate of drug-likeness (QED) is 0.672. The van der Waals surface area contributed by atoms with Crippen LogP contribution < -0.4 is 4.74 Å². The van der Waals surface area contributed by atoms with Crippen molar-refractivity contribution in [3.8, 4) is 17.0 Å². The van der Waals surface area contributed by atoms with Crippen LogP contribution in [0.3, 0.4) is 0 Å². The van der Waals surface area contributed by atoms with E-state index in [0.29, 0.717) is 0 Å². The van der Waals surface area contributed by atoms with Crippen LogP contribution in [0.25, 0.3) is 16.8 Å². The van der Waals surface area contributed by atoms with Crippen LogP contribution in [0.5, 0.6) is 5.88 Å². The Hall–Kier alpha value is -2.36. The summed E-state index contributed by atoms with van der Waals surface area (Å²) >= 11 is 0. The molecule has 1 aromatic carbocycles. The summed E-state index contributed by atoms with van der Waals surface area (Å²) in [6.07, 6.45) is 1.09. The second kappa shape index (κ2) is 5.07. The van der Waals surface area contributed by atoms with E-state index in [0.717, 1.165) is 34.9 Å². The van der Waals surface area contributed by atoms with E-state index in [2.05, 4.69) is 53.7 Å². The summed E-state index contributed by atoms with van der Waals surface area (Å²) in [5, 5.41) is 4.77. The Kier molecular flexibility index (Phi) is 3.21. The van der Waals surface area contributed by atoms with Crippen molar-refractivity contribution in [1.82, 2.24) is 14.6 Å². The van der Waals surface area contributed by atoms with Crippen molar-refractivity contribution in [2.45, 2.75) is 54.1 Å². The predicted octanol–water partition coefficient (Wildman–Crippen LogP) is 4.26. The summed E-state index contributed by atoms with van der Waals surface area (Å²) in [6.45, 7) is 12.7. The summed E-state index contributed by atoms with van der Waals surface area (Å²) in [7, 11) is 0. The van der Waals surface area contributed by atoms with E-state index in [4.69, 9.17) is 14.8 Å². The lowest BCUT2D eigenvalue weighted by Gasteiger charge is -2.12. The molecule has 4 nitrogen and oxygen atoms in total. The van der Waals surface area contributed by atoms with E-state index in [-0.39, 0.29) is 6.10 Å². The fourth-order valence-electron chi connectivity index (χ4n) is 4.01. The zero-order chi connectivity index (χ0) is 17.2. The smallest absolute Gasteiger partial charge is 0.222 e. The predicted molar refractivity (Wildman–Crippen MR) is 95.9 cm³/mol. The Morgan fingerprint density at radius 1 is 1.00 bits per heavy atom. The summed E-state index contributed by atoms with van der Waals surface area (Å²) in [6, 6.07) is 4.45. The highest BCUT2D eigenvalue weighted by Crippen LogP contribution is 2.38. The molecule has 0 spiro atoms. The van der Waals surface area contributed by atoms with Gasteiger partial charge in [0.2, 0.25) is 5.88 Å². The maximum absolute atomic E-state index is 6.05. The maximum Gasteiger partial charge on any atom is 0.222 e. The van der Waals surface area contributed by atoms with E-state index in [9.17, 15) is 0 Å². The maximum atomic E-state index is 6.05.